The summed E-state index contributed by atoms with van der Waals surface area (Å²) in [4.78, 5) is 0. The summed E-state index contributed by atoms with van der Waals surface area (Å²) in [6.45, 7) is 0. The number of para-hydroxylation sites is 2. The largest absolute Gasteiger partial charge is 0.309 e. The van der Waals surface area contributed by atoms with Crippen molar-refractivity contribution < 1.29 is 0 Å². The standard InChI is InChI=1S/C30H23N/c1-2-9-22(10-3-1)24-11-8-12-25(21-24)23-17-19-26(20-18-23)31-29-15-6-4-13-27(29)28-14-5-7-16-30(28)31/h1-11,13-21,25H,12H2. The van der Waals surface area contributed by atoms with Gasteiger partial charge in [-0.25, -0.2) is 0 Å². The lowest BCUT2D eigenvalue weighted by atomic mass is 9.87. The van der Waals surface area contributed by atoms with E-state index >= 15 is 0 Å². The maximum absolute atomic E-state index is 2.41. The highest BCUT2D eigenvalue weighted by Gasteiger charge is 2.15. The van der Waals surface area contributed by atoms with Gasteiger partial charge in [-0.1, -0.05) is 97.1 Å². The topological polar surface area (TPSA) is 4.93 Å². The number of fused-ring (bicyclic) bond motifs is 3. The van der Waals surface area contributed by atoms with Gasteiger partial charge in [0.2, 0.25) is 0 Å². The summed E-state index contributed by atoms with van der Waals surface area (Å²) in [5, 5.41) is 2.60. The van der Waals surface area contributed by atoms with Gasteiger partial charge in [-0.05, 0) is 47.4 Å². The van der Waals surface area contributed by atoms with Crippen LogP contribution >= 0.6 is 0 Å². The number of rotatable bonds is 3. The normalized spacial score (nSPS) is 16.0. The third-order valence-electron chi connectivity index (χ3n) is 6.33. The van der Waals surface area contributed by atoms with Gasteiger partial charge in [0, 0.05) is 22.4 Å². The van der Waals surface area contributed by atoms with Gasteiger partial charge in [0.25, 0.3) is 0 Å². The van der Waals surface area contributed by atoms with Crippen LogP contribution in [0.3, 0.4) is 0 Å². The van der Waals surface area contributed by atoms with Crippen LogP contribution in [0, 0.1) is 0 Å². The number of aromatic nitrogens is 1. The van der Waals surface area contributed by atoms with Crippen LogP contribution in [0.2, 0.25) is 0 Å². The van der Waals surface area contributed by atoms with E-state index in [2.05, 4.69) is 126 Å². The predicted molar refractivity (Wildman–Crippen MR) is 132 cm³/mol. The predicted octanol–water partition coefficient (Wildman–Crippen LogP) is 7.91. The highest BCUT2D eigenvalue weighted by molar-refractivity contribution is 6.09. The molecule has 148 valence electrons. The molecule has 5 aromatic rings. The smallest absolute Gasteiger partial charge is 0.0541 e. The Morgan fingerprint density at radius 3 is 1.90 bits per heavy atom. The molecule has 0 fully saturated rings. The fraction of sp³-hybridized carbons (Fsp3) is 0.0667. The maximum atomic E-state index is 2.41. The zero-order valence-corrected chi connectivity index (χ0v) is 17.3. The van der Waals surface area contributed by atoms with Gasteiger partial charge in [0.05, 0.1) is 11.0 Å². The molecule has 4 aromatic carbocycles. The molecule has 0 spiro atoms. The van der Waals surface area contributed by atoms with Crippen LogP contribution < -0.4 is 0 Å². The molecule has 0 saturated carbocycles. The molecular weight excluding hydrogens is 374 g/mol. The van der Waals surface area contributed by atoms with Crippen LogP contribution in [0.5, 0.6) is 0 Å². The highest BCUT2D eigenvalue weighted by atomic mass is 15.0. The number of allylic oxidation sites excluding steroid dienone is 4. The third-order valence-corrected chi connectivity index (χ3v) is 6.33. The average molecular weight is 398 g/mol. The number of hydrogen-bond donors (Lipinski definition) is 0. The van der Waals surface area contributed by atoms with Crippen molar-refractivity contribution in [2.24, 2.45) is 0 Å². The Morgan fingerprint density at radius 1 is 0.613 bits per heavy atom. The van der Waals surface area contributed by atoms with Crippen molar-refractivity contribution in [3.05, 3.63) is 132 Å². The fourth-order valence-corrected chi connectivity index (χ4v) is 4.81. The molecule has 31 heavy (non-hydrogen) atoms. The molecule has 1 nitrogen and oxygen atoms in total. The number of hydrogen-bond acceptors (Lipinski definition) is 0. The van der Waals surface area contributed by atoms with E-state index in [1.54, 1.807) is 0 Å². The molecule has 6 rings (SSSR count). The summed E-state index contributed by atoms with van der Waals surface area (Å²) in [7, 11) is 0. The van der Waals surface area contributed by atoms with E-state index in [1.165, 1.54) is 44.2 Å². The minimum absolute atomic E-state index is 0.410. The first-order chi connectivity index (χ1) is 15.4. The van der Waals surface area contributed by atoms with Crippen molar-refractivity contribution in [2.75, 3.05) is 0 Å². The maximum Gasteiger partial charge on any atom is 0.0541 e. The lowest BCUT2D eigenvalue weighted by Gasteiger charge is -2.18. The second-order valence-electron chi connectivity index (χ2n) is 8.19. The molecule has 1 aromatic heterocycles. The van der Waals surface area contributed by atoms with Gasteiger partial charge in [-0.15, -0.1) is 0 Å². The summed E-state index contributed by atoms with van der Waals surface area (Å²) in [6.07, 6.45) is 8.00. The molecule has 0 N–H and O–H groups in total. The second kappa shape index (κ2) is 7.45. The van der Waals surface area contributed by atoms with Crippen molar-refractivity contribution in [1.29, 1.82) is 0 Å². The van der Waals surface area contributed by atoms with Crippen LogP contribution in [-0.2, 0) is 0 Å². The van der Waals surface area contributed by atoms with Crippen molar-refractivity contribution in [1.82, 2.24) is 4.57 Å². The molecule has 1 heteroatoms. The van der Waals surface area contributed by atoms with E-state index in [1.807, 2.05) is 0 Å². The monoisotopic (exact) mass is 397 g/mol. The van der Waals surface area contributed by atoms with Gasteiger partial charge < -0.3 is 4.57 Å². The first kappa shape index (κ1) is 18.0. The zero-order chi connectivity index (χ0) is 20.6. The zero-order valence-electron chi connectivity index (χ0n) is 17.3. The summed E-state index contributed by atoms with van der Waals surface area (Å²) >= 11 is 0. The Balaban J connectivity index is 1.40. The van der Waals surface area contributed by atoms with Gasteiger partial charge in [-0.3, -0.25) is 0 Å². The SMILES string of the molecule is C1=CC(c2ccccc2)=CC(c2ccc(-n3c4ccccc4c4ccccc43)cc2)C1. The van der Waals surface area contributed by atoms with E-state index in [0.29, 0.717) is 5.92 Å². The Bertz CT molecular complexity index is 1380. The Kier molecular flexibility index (Phi) is 4.32. The molecule has 1 atom stereocenters. The molecule has 0 aliphatic heterocycles. The molecule has 0 radical (unpaired) electrons. The van der Waals surface area contributed by atoms with Crippen LogP contribution in [0.4, 0.5) is 0 Å². The molecular formula is C30H23N. The minimum atomic E-state index is 0.410. The van der Waals surface area contributed by atoms with E-state index in [4.69, 9.17) is 0 Å². The van der Waals surface area contributed by atoms with Gasteiger partial charge in [0.15, 0.2) is 0 Å². The first-order valence-electron chi connectivity index (χ1n) is 10.9. The number of nitrogens with zero attached hydrogens (tertiary/aromatic N) is 1. The van der Waals surface area contributed by atoms with Crippen molar-refractivity contribution in [3.63, 3.8) is 0 Å². The summed E-state index contributed by atoms with van der Waals surface area (Å²) in [6, 6.07) is 37.1. The van der Waals surface area contributed by atoms with E-state index in [9.17, 15) is 0 Å². The van der Waals surface area contributed by atoms with Gasteiger partial charge >= 0.3 is 0 Å². The molecule has 0 bridgehead atoms. The van der Waals surface area contributed by atoms with Crippen LogP contribution in [0.15, 0.2) is 121 Å². The number of benzene rings is 4. The van der Waals surface area contributed by atoms with Gasteiger partial charge in [-0.2, -0.15) is 0 Å². The van der Waals surface area contributed by atoms with E-state index in [-0.39, 0.29) is 0 Å². The molecule has 0 saturated heterocycles. The molecule has 1 aliphatic carbocycles. The third kappa shape index (κ3) is 3.10. The van der Waals surface area contributed by atoms with Crippen molar-refractivity contribution in [3.8, 4) is 5.69 Å². The summed E-state index contributed by atoms with van der Waals surface area (Å²) in [5.74, 6) is 0.410. The Morgan fingerprint density at radius 2 is 1.23 bits per heavy atom. The van der Waals surface area contributed by atoms with Crippen LogP contribution in [0.25, 0.3) is 33.1 Å². The lowest BCUT2D eigenvalue weighted by molar-refractivity contribution is 0.856. The molecule has 1 unspecified atom stereocenters. The minimum Gasteiger partial charge on any atom is -0.309 e. The molecule has 0 amide bonds. The van der Waals surface area contributed by atoms with Crippen LogP contribution in [-0.4, -0.2) is 4.57 Å². The first-order valence-corrected chi connectivity index (χ1v) is 10.9. The highest BCUT2D eigenvalue weighted by Crippen LogP contribution is 2.34. The van der Waals surface area contributed by atoms with E-state index < -0.39 is 0 Å². The molecule has 1 heterocycles. The lowest BCUT2D eigenvalue weighted by Crippen LogP contribution is -2.00. The quantitative estimate of drug-likeness (QED) is 0.291. The summed E-state index contributed by atoms with van der Waals surface area (Å²) < 4.78 is 2.38. The average Bonchev–Trinajstić information content (AvgIpc) is 3.19. The van der Waals surface area contributed by atoms with Crippen LogP contribution in [0.1, 0.15) is 23.5 Å². The second-order valence-corrected chi connectivity index (χ2v) is 8.19. The van der Waals surface area contributed by atoms with Crippen molar-refractivity contribution in [2.45, 2.75) is 12.3 Å². The summed E-state index contributed by atoms with van der Waals surface area (Å²) in [5.41, 5.74) is 7.67. The fourth-order valence-electron chi connectivity index (χ4n) is 4.81. The molecule has 1 aliphatic rings. The Hall–Kier alpha value is -3.84. The van der Waals surface area contributed by atoms with E-state index in [0.717, 1.165) is 6.42 Å². The Labute approximate surface area is 182 Å². The van der Waals surface area contributed by atoms with Gasteiger partial charge in [0.1, 0.15) is 0 Å². The van der Waals surface area contributed by atoms with Crippen molar-refractivity contribution >= 4 is 27.4 Å².